The first-order chi connectivity index (χ1) is 15.6. The van der Waals surface area contributed by atoms with Crippen LogP contribution in [-0.2, 0) is 22.7 Å². The number of aromatic hydroxyl groups is 1. The van der Waals surface area contributed by atoms with Gasteiger partial charge in [-0.15, -0.1) is 0 Å². The normalized spacial score (nSPS) is 12.6. The predicted molar refractivity (Wildman–Crippen MR) is 149 cm³/mol. The molecule has 0 radical (unpaired) electrons. The number of allylic oxidation sites excluding steroid dienone is 1. The van der Waals surface area contributed by atoms with Crippen molar-refractivity contribution in [3.8, 4) is 16.9 Å². The molecule has 0 fully saturated rings. The van der Waals surface area contributed by atoms with Crippen molar-refractivity contribution in [3.05, 3.63) is 95.1 Å². The smallest absolute Gasteiger partial charge is 0.126 e. The van der Waals surface area contributed by atoms with Crippen molar-refractivity contribution in [2.75, 3.05) is 0 Å². The van der Waals surface area contributed by atoms with Crippen LogP contribution in [-0.4, -0.2) is 5.11 Å². The van der Waals surface area contributed by atoms with Crippen molar-refractivity contribution in [1.82, 2.24) is 0 Å². The summed E-state index contributed by atoms with van der Waals surface area (Å²) >= 11 is 0. The van der Waals surface area contributed by atoms with E-state index in [-0.39, 0.29) is 16.2 Å². The van der Waals surface area contributed by atoms with Gasteiger partial charge < -0.3 is 5.11 Å². The van der Waals surface area contributed by atoms with Crippen LogP contribution in [0.25, 0.3) is 16.7 Å². The molecule has 0 bridgehead atoms. The van der Waals surface area contributed by atoms with Gasteiger partial charge in [-0.05, 0) is 62.1 Å². The van der Waals surface area contributed by atoms with Crippen LogP contribution in [0, 0.1) is 0 Å². The molecule has 3 aromatic rings. The van der Waals surface area contributed by atoms with Gasteiger partial charge in [-0.3, -0.25) is 0 Å². The maximum absolute atomic E-state index is 11.3. The Hall–Kier alpha value is -2.80. The molecular formula is C33H42O. The third kappa shape index (κ3) is 5.63. The molecule has 0 amide bonds. The lowest BCUT2D eigenvalue weighted by Crippen LogP contribution is -2.17. The Bertz CT molecular complexity index is 1180. The number of phenols is 1. The second kappa shape index (κ2) is 9.10. The average molecular weight is 455 g/mol. The quantitative estimate of drug-likeness (QED) is 0.416. The zero-order valence-corrected chi connectivity index (χ0v) is 22.6. The second-order valence-electron chi connectivity index (χ2n) is 12.7. The summed E-state index contributed by atoms with van der Waals surface area (Å²) < 4.78 is 0. The summed E-state index contributed by atoms with van der Waals surface area (Å²) in [4.78, 5) is 0. The van der Waals surface area contributed by atoms with Crippen LogP contribution in [0.1, 0.15) is 90.1 Å². The van der Waals surface area contributed by atoms with Crippen molar-refractivity contribution in [1.29, 1.82) is 0 Å². The van der Waals surface area contributed by atoms with Gasteiger partial charge in [-0.25, -0.2) is 0 Å². The van der Waals surface area contributed by atoms with E-state index in [1.54, 1.807) is 0 Å². The number of hydrogen-bond donors (Lipinski definition) is 1. The fraction of sp³-hybridized carbons (Fsp3) is 0.394. The van der Waals surface area contributed by atoms with Crippen molar-refractivity contribution in [2.24, 2.45) is 0 Å². The molecule has 0 spiro atoms. The van der Waals surface area contributed by atoms with E-state index in [1.165, 1.54) is 27.8 Å². The Kier molecular flexibility index (Phi) is 6.91. The van der Waals surface area contributed by atoms with E-state index in [1.807, 2.05) is 0 Å². The van der Waals surface area contributed by atoms with Crippen LogP contribution in [0.2, 0.25) is 0 Å². The highest BCUT2D eigenvalue weighted by Crippen LogP contribution is 2.41. The molecule has 0 aliphatic carbocycles. The minimum atomic E-state index is -0.163. The molecule has 0 heterocycles. The molecule has 0 aromatic heterocycles. The Morgan fingerprint density at radius 1 is 0.706 bits per heavy atom. The Morgan fingerprint density at radius 2 is 1.29 bits per heavy atom. The predicted octanol–water partition coefficient (Wildman–Crippen LogP) is 9.21. The van der Waals surface area contributed by atoms with Gasteiger partial charge >= 0.3 is 0 Å². The van der Waals surface area contributed by atoms with E-state index in [4.69, 9.17) is 0 Å². The van der Waals surface area contributed by atoms with Crippen LogP contribution in [0.5, 0.6) is 5.75 Å². The van der Waals surface area contributed by atoms with Gasteiger partial charge in [-0.1, -0.05) is 123 Å². The van der Waals surface area contributed by atoms with E-state index in [0.29, 0.717) is 12.2 Å². The van der Waals surface area contributed by atoms with Crippen molar-refractivity contribution < 1.29 is 5.11 Å². The molecule has 0 saturated heterocycles. The lowest BCUT2D eigenvalue weighted by atomic mass is 9.77. The summed E-state index contributed by atoms with van der Waals surface area (Å²) in [6.45, 7) is 24.3. The van der Waals surface area contributed by atoms with Crippen LogP contribution in [0.4, 0.5) is 0 Å². The fourth-order valence-electron chi connectivity index (χ4n) is 4.32. The molecule has 1 heteroatoms. The highest BCUT2D eigenvalue weighted by atomic mass is 16.3. The fourth-order valence-corrected chi connectivity index (χ4v) is 4.32. The lowest BCUT2D eigenvalue weighted by molar-refractivity contribution is 0.443. The van der Waals surface area contributed by atoms with Crippen LogP contribution < -0.4 is 0 Å². The number of phenolic OH excluding ortho intramolecular Hbond substituents is 1. The molecule has 3 rings (SSSR count). The molecule has 0 aliphatic rings. The SMILES string of the molecule is C=C(Cc1ccc(C(C)(C)C)cc1-c1ccccc1)c1cc(C(C)(C)C)cc(C(C)(C)C)c1O. The van der Waals surface area contributed by atoms with Gasteiger partial charge in [0.2, 0.25) is 0 Å². The molecule has 3 aromatic carbocycles. The maximum atomic E-state index is 11.3. The minimum absolute atomic E-state index is 0.0215. The summed E-state index contributed by atoms with van der Waals surface area (Å²) in [5, 5.41) is 11.3. The van der Waals surface area contributed by atoms with E-state index in [9.17, 15) is 5.11 Å². The summed E-state index contributed by atoms with van der Waals surface area (Å²) in [7, 11) is 0. The first kappa shape index (κ1) is 25.8. The summed E-state index contributed by atoms with van der Waals surface area (Å²) in [5.41, 5.74) is 8.86. The molecule has 34 heavy (non-hydrogen) atoms. The number of hydrogen-bond acceptors (Lipinski definition) is 1. The topological polar surface area (TPSA) is 20.2 Å². The third-order valence-corrected chi connectivity index (χ3v) is 6.63. The summed E-state index contributed by atoms with van der Waals surface area (Å²) in [6.07, 6.45) is 0.680. The van der Waals surface area contributed by atoms with E-state index in [0.717, 1.165) is 16.7 Å². The van der Waals surface area contributed by atoms with Gasteiger partial charge in [0.15, 0.2) is 0 Å². The van der Waals surface area contributed by atoms with E-state index in [2.05, 4.69) is 130 Å². The van der Waals surface area contributed by atoms with Gasteiger partial charge in [0.05, 0.1) is 0 Å². The zero-order chi connectivity index (χ0) is 25.5. The standard InChI is InChI=1S/C33H42O/c1-22(27-20-26(32(5,6)7)21-29(30(27)34)33(8,9)10)18-24-16-17-25(31(2,3)4)19-28(24)23-14-12-11-13-15-23/h11-17,19-21,34H,1,18H2,2-10H3. The highest BCUT2D eigenvalue weighted by molar-refractivity contribution is 5.77. The van der Waals surface area contributed by atoms with Crippen LogP contribution in [0.3, 0.4) is 0 Å². The molecule has 0 saturated carbocycles. The van der Waals surface area contributed by atoms with Crippen molar-refractivity contribution in [2.45, 2.75) is 85.0 Å². The first-order valence-electron chi connectivity index (χ1n) is 12.3. The largest absolute Gasteiger partial charge is 0.507 e. The van der Waals surface area contributed by atoms with Crippen molar-refractivity contribution >= 4 is 5.57 Å². The summed E-state index contributed by atoms with van der Waals surface area (Å²) in [5.74, 6) is 0.359. The van der Waals surface area contributed by atoms with Gasteiger partial charge in [0.25, 0.3) is 0 Å². The minimum Gasteiger partial charge on any atom is -0.507 e. The Labute approximate surface area is 207 Å². The van der Waals surface area contributed by atoms with Gasteiger partial charge in [0.1, 0.15) is 5.75 Å². The number of benzene rings is 3. The molecule has 1 nitrogen and oxygen atoms in total. The zero-order valence-electron chi connectivity index (χ0n) is 22.6. The number of rotatable bonds is 4. The van der Waals surface area contributed by atoms with Crippen LogP contribution in [0.15, 0.2) is 67.2 Å². The van der Waals surface area contributed by atoms with Crippen LogP contribution >= 0.6 is 0 Å². The Morgan fingerprint density at radius 3 is 1.82 bits per heavy atom. The monoisotopic (exact) mass is 454 g/mol. The Balaban J connectivity index is 2.13. The molecule has 0 unspecified atom stereocenters. The molecule has 0 atom stereocenters. The molecule has 0 aliphatic heterocycles. The average Bonchev–Trinajstić information content (AvgIpc) is 2.72. The van der Waals surface area contributed by atoms with Gasteiger partial charge in [0, 0.05) is 11.1 Å². The summed E-state index contributed by atoms with van der Waals surface area (Å²) in [6, 6.07) is 21.7. The van der Waals surface area contributed by atoms with Crippen molar-refractivity contribution in [3.63, 3.8) is 0 Å². The molecular weight excluding hydrogens is 412 g/mol. The van der Waals surface area contributed by atoms with E-state index < -0.39 is 0 Å². The highest BCUT2D eigenvalue weighted by Gasteiger charge is 2.26. The molecule has 1 N–H and O–H groups in total. The van der Waals surface area contributed by atoms with Gasteiger partial charge in [-0.2, -0.15) is 0 Å². The first-order valence-corrected chi connectivity index (χ1v) is 12.3. The maximum Gasteiger partial charge on any atom is 0.126 e. The lowest BCUT2D eigenvalue weighted by Gasteiger charge is -2.28. The van der Waals surface area contributed by atoms with E-state index >= 15 is 0 Å². The molecule has 180 valence electrons. The second-order valence-corrected chi connectivity index (χ2v) is 12.7. The third-order valence-electron chi connectivity index (χ3n) is 6.63.